The van der Waals surface area contributed by atoms with E-state index in [0.29, 0.717) is 0 Å². The predicted molar refractivity (Wildman–Crippen MR) is 76.9 cm³/mol. The topological polar surface area (TPSA) is 83.5 Å². The molecular weight excluding hydrogens is 256 g/mol. The maximum Gasteiger partial charge on any atom is 0.329 e. The van der Waals surface area contributed by atoms with Gasteiger partial charge < -0.3 is 5.32 Å². The summed E-state index contributed by atoms with van der Waals surface area (Å²) in [5, 5.41) is 6.40. The summed E-state index contributed by atoms with van der Waals surface area (Å²) >= 11 is 0. The zero-order chi connectivity index (χ0) is 14.8. The van der Waals surface area contributed by atoms with Crippen LogP contribution in [0.5, 0.6) is 0 Å². The van der Waals surface area contributed by atoms with E-state index in [9.17, 15) is 9.59 Å². The smallest absolute Gasteiger partial charge is 0.329 e. The number of hydrogen-bond donors (Lipinski definition) is 2. The molecule has 0 unspecified atom stereocenters. The van der Waals surface area contributed by atoms with E-state index in [0.717, 1.165) is 30.5 Å². The average molecular weight is 276 g/mol. The Morgan fingerprint density at radius 2 is 1.95 bits per heavy atom. The Hall–Kier alpha value is -2.24. The normalized spacial score (nSPS) is 11.0. The van der Waals surface area contributed by atoms with Gasteiger partial charge in [0.25, 0.3) is 0 Å². The Balaban J connectivity index is 2.34. The minimum atomic E-state index is -0.755. The molecule has 20 heavy (non-hydrogen) atoms. The van der Waals surface area contributed by atoms with Crippen molar-refractivity contribution in [1.29, 1.82) is 0 Å². The molecule has 0 aliphatic heterocycles. The molecule has 0 fully saturated rings. The van der Waals surface area contributed by atoms with Crippen molar-refractivity contribution in [3.63, 3.8) is 0 Å². The highest BCUT2D eigenvalue weighted by Gasteiger charge is 2.12. The van der Waals surface area contributed by atoms with Gasteiger partial charge in [-0.2, -0.15) is 5.10 Å². The van der Waals surface area contributed by atoms with Gasteiger partial charge in [0.1, 0.15) is 0 Å². The van der Waals surface area contributed by atoms with Gasteiger partial charge in [-0.15, -0.1) is 0 Å². The van der Waals surface area contributed by atoms with Crippen molar-refractivity contribution in [3.8, 4) is 0 Å². The fourth-order valence-corrected chi connectivity index (χ4v) is 1.45. The number of unbranched alkanes of at least 4 members (excludes halogenated alkanes) is 1. The lowest BCUT2D eigenvalue weighted by molar-refractivity contribution is -0.139. The van der Waals surface area contributed by atoms with E-state index in [1.165, 1.54) is 0 Å². The van der Waals surface area contributed by atoms with Crippen LogP contribution in [0.25, 0.3) is 0 Å². The lowest BCUT2D eigenvalue weighted by Gasteiger charge is -2.04. The highest BCUT2D eigenvalue weighted by molar-refractivity contribution is 6.35. The fraction of sp³-hybridized carbons (Fsp3) is 0.429. The summed E-state index contributed by atoms with van der Waals surface area (Å²) in [5.41, 5.74) is 3.94. The van der Waals surface area contributed by atoms with Crippen LogP contribution in [0, 0.1) is 0 Å². The van der Waals surface area contributed by atoms with E-state index < -0.39 is 11.8 Å². The van der Waals surface area contributed by atoms with E-state index in [-0.39, 0.29) is 6.54 Å². The van der Waals surface area contributed by atoms with Crippen molar-refractivity contribution in [3.05, 3.63) is 30.1 Å². The Kier molecular flexibility index (Phi) is 6.95. The van der Waals surface area contributed by atoms with E-state index in [1.807, 2.05) is 6.92 Å². The SMILES string of the molecule is CCCC/C(C)=N/NC(=O)C(=O)NCc1ccncc1. The molecule has 0 saturated carbocycles. The number of pyridine rings is 1. The van der Waals surface area contributed by atoms with Gasteiger partial charge in [-0.1, -0.05) is 13.3 Å². The summed E-state index contributed by atoms with van der Waals surface area (Å²) in [5.74, 6) is -1.45. The molecule has 0 radical (unpaired) electrons. The van der Waals surface area contributed by atoms with Gasteiger partial charge in [-0.3, -0.25) is 14.6 Å². The van der Waals surface area contributed by atoms with Gasteiger partial charge in [0, 0.05) is 24.7 Å². The highest BCUT2D eigenvalue weighted by atomic mass is 16.2. The Morgan fingerprint density at radius 3 is 2.60 bits per heavy atom. The van der Waals surface area contributed by atoms with Gasteiger partial charge in [0.2, 0.25) is 0 Å². The minimum absolute atomic E-state index is 0.285. The summed E-state index contributed by atoms with van der Waals surface area (Å²) in [6.45, 7) is 4.19. The first kappa shape index (κ1) is 15.8. The number of nitrogens with zero attached hydrogens (tertiary/aromatic N) is 2. The van der Waals surface area contributed by atoms with Crippen LogP contribution < -0.4 is 10.7 Å². The molecule has 1 aromatic rings. The van der Waals surface area contributed by atoms with E-state index in [1.54, 1.807) is 24.5 Å². The maximum atomic E-state index is 11.5. The number of carbonyl (C=O) groups is 2. The second-order valence-electron chi connectivity index (χ2n) is 4.43. The first-order valence-corrected chi connectivity index (χ1v) is 6.63. The molecule has 2 amide bonds. The summed E-state index contributed by atoms with van der Waals surface area (Å²) in [7, 11) is 0. The predicted octanol–water partition coefficient (Wildman–Crippen LogP) is 1.38. The number of amides is 2. The zero-order valence-corrected chi connectivity index (χ0v) is 11.8. The van der Waals surface area contributed by atoms with Crippen molar-refractivity contribution in [2.24, 2.45) is 5.10 Å². The fourth-order valence-electron chi connectivity index (χ4n) is 1.45. The Labute approximate surface area is 118 Å². The molecule has 0 atom stereocenters. The van der Waals surface area contributed by atoms with Crippen LogP contribution in [0.2, 0.25) is 0 Å². The Bertz CT molecular complexity index is 471. The molecule has 6 nitrogen and oxygen atoms in total. The first-order valence-electron chi connectivity index (χ1n) is 6.63. The van der Waals surface area contributed by atoms with Crippen molar-refractivity contribution in [1.82, 2.24) is 15.7 Å². The van der Waals surface area contributed by atoms with Crippen LogP contribution in [0.4, 0.5) is 0 Å². The van der Waals surface area contributed by atoms with Crippen LogP contribution in [-0.2, 0) is 16.1 Å². The van der Waals surface area contributed by atoms with Gasteiger partial charge in [-0.25, -0.2) is 5.43 Å². The van der Waals surface area contributed by atoms with Gasteiger partial charge in [-0.05, 0) is 37.5 Å². The lowest BCUT2D eigenvalue weighted by Crippen LogP contribution is -2.37. The summed E-state index contributed by atoms with van der Waals surface area (Å²) < 4.78 is 0. The first-order chi connectivity index (χ1) is 9.63. The average Bonchev–Trinajstić information content (AvgIpc) is 2.49. The molecule has 0 bridgehead atoms. The molecule has 1 heterocycles. The van der Waals surface area contributed by atoms with Crippen molar-refractivity contribution >= 4 is 17.5 Å². The standard InChI is InChI=1S/C14H20N4O2/c1-3-4-5-11(2)17-18-14(20)13(19)16-10-12-6-8-15-9-7-12/h6-9H,3-5,10H2,1-2H3,(H,16,19)(H,18,20)/b17-11+. The summed E-state index contributed by atoms with van der Waals surface area (Å²) in [6.07, 6.45) is 6.15. The number of rotatable bonds is 6. The molecule has 1 rings (SSSR count). The molecule has 6 heteroatoms. The third-order valence-corrected chi connectivity index (χ3v) is 2.65. The molecule has 2 N–H and O–H groups in total. The second-order valence-corrected chi connectivity index (χ2v) is 4.43. The van der Waals surface area contributed by atoms with E-state index >= 15 is 0 Å². The van der Waals surface area contributed by atoms with Crippen LogP contribution in [0.1, 0.15) is 38.7 Å². The monoisotopic (exact) mass is 276 g/mol. The molecule has 0 aliphatic rings. The van der Waals surface area contributed by atoms with Gasteiger partial charge >= 0.3 is 11.8 Å². The van der Waals surface area contributed by atoms with Crippen molar-refractivity contribution in [2.45, 2.75) is 39.7 Å². The quantitative estimate of drug-likeness (QED) is 0.468. The lowest BCUT2D eigenvalue weighted by atomic mass is 10.2. The van der Waals surface area contributed by atoms with Crippen LogP contribution in [-0.4, -0.2) is 22.5 Å². The van der Waals surface area contributed by atoms with Crippen molar-refractivity contribution in [2.75, 3.05) is 0 Å². The number of hydrogen-bond acceptors (Lipinski definition) is 4. The largest absolute Gasteiger partial charge is 0.344 e. The molecule has 0 saturated heterocycles. The number of nitrogens with one attached hydrogen (secondary N) is 2. The molecule has 1 aromatic heterocycles. The number of aromatic nitrogens is 1. The van der Waals surface area contributed by atoms with E-state index in [2.05, 4.69) is 27.8 Å². The van der Waals surface area contributed by atoms with Gasteiger partial charge in [0.05, 0.1) is 0 Å². The number of hydrazone groups is 1. The highest BCUT2D eigenvalue weighted by Crippen LogP contribution is 1.96. The van der Waals surface area contributed by atoms with Crippen LogP contribution >= 0.6 is 0 Å². The molecule has 0 spiro atoms. The van der Waals surface area contributed by atoms with Crippen LogP contribution in [0.3, 0.4) is 0 Å². The molecule has 108 valence electrons. The van der Waals surface area contributed by atoms with Crippen molar-refractivity contribution < 1.29 is 9.59 Å². The van der Waals surface area contributed by atoms with Gasteiger partial charge in [0.15, 0.2) is 0 Å². The molecular formula is C14H20N4O2. The maximum absolute atomic E-state index is 11.5. The number of carbonyl (C=O) groups excluding carboxylic acids is 2. The minimum Gasteiger partial charge on any atom is -0.344 e. The summed E-state index contributed by atoms with van der Waals surface area (Å²) in [6, 6.07) is 3.54. The second kappa shape index (κ2) is 8.79. The molecule has 0 aromatic carbocycles. The van der Waals surface area contributed by atoms with E-state index in [4.69, 9.17) is 0 Å². The summed E-state index contributed by atoms with van der Waals surface area (Å²) in [4.78, 5) is 26.9. The van der Waals surface area contributed by atoms with Crippen LogP contribution in [0.15, 0.2) is 29.6 Å². The Morgan fingerprint density at radius 1 is 1.25 bits per heavy atom. The zero-order valence-electron chi connectivity index (χ0n) is 11.8. The molecule has 0 aliphatic carbocycles. The third-order valence-electron chi connectivity index (χ3n) is 2.65. The third kappa shape index (κ3) is 6.08.